The zero-order chi connectivity index (χ0) is 12.1. The molecule has 0 spiro atoms. The number of hydrogen-bond acceptors (Lipinski definition) is 4. The lowest BCUT2D eigenvalue weighted by Gasteiger charge is -2.34. The summed E-state index contributed by atoms with van der Waals surface area (Å²) in [4.78, 5) is 13.0. The maximum Gasteiger partial charge on any atom is 0.320 e. The third-order valence-corrected chi connectivity index (χ3v) is 3.53. The number of nitrogens with zero attached hydrogens (tertiary/aromatic N) is 1. The third kappa shape index (κ3) is 3.73. The minimum absolute atomic E-state index is 0.222. The second kappa shape index (κ2) is 6.18. The highest BCUT2D eigenvalue weighted by Gasteiger charge is 2.27. The second-order valence-corrected chi connectivity index (χ2v) is 4.72. The van der Waals surface area contributed by atoms with Crippen molar-refractivity contribution in [1.29, 1.82) is 0 Å². The van der Waals surface area contributed by atoms with Crippen LogP contribution in [-0.4, -0.2) is 55.2 Å². The summed E-state index contributed by atoms with van der Waals surface area (Å²) in [5.74, 6) is -0.361. The molecule has 0 aromatic carbocycles. The van der Waals surface area contributed by atoms with Crippen LogP contribution < -0.4 is 11.1 Å². The van der Waals surface area contributed by atoms with Gasteiger partial charge in [-0.25, -0.2) is 0 Å². The fourth-order valence-corrected chi connectivity index (χ4v) is 2.35. The van der Waals surface area contributed by atoms with Crippen LogP contribution in [0, 0.1) is 5.92 Å². The molecular weight excluding hydrogens is 206 g/mol. The quantitative estimate of drug-likeness (QED) is 0.604. The zero-order valence-corrected chi connectivity index (χ0v) is 10.1. The van der Waals surface area contributed by atoms with Crippen molar-refractivity contribution >= 4 is 5.97 Å². The van der Waals surface area contributed by atoms with Crippen LogP contribution in [-0.2, 0) is 4.79 Å². The maximum absolute atomic E-state index is 10.7. The predicted molar refractivity (Wildman–Crippen MR) is 63.3 cm³/mol. The molecule has 1 saturated heterocycles. The topological polar surface area (TPSA) is 78.6 Å². The molecule has 0 radical (unpaired) electrons. The Kier molecular flexibility index (Phi) is 5.18. The predicted octanol–water partition coefficient (Wildman–Crippen LogP) is -0.282. The van der Waals surface area contributed by atoms with Gasteiger partial charge in [0.05, 0.1) is 0 Å². The first-order chi connectivity index (χ1) is 7.54. The second-order valence-electron chi connectivity index (χ2n) is 4.72. The molecule has 5 heteroatoms. The minimum atomic E-state index is -0.909. The summed E-state index contributed by atoms with van der Waals surface area (Å²) in [6.07, 6.45) is 2.75. The Balaban J connectivity index is 2.44. The van der Waals surface area contributed by atoms with Crippen molar-refractivity contribution in [1.82, 2.24) is 10.2 Å². The summed E-state index contributed by atoms with van der Waals surface area (Å²) in [5.41, 5.74) is 5.58. The number of carboxylic acids is 1. The summed E-state index contributed by atoms with van der Waals surface area (Å²) in [6, 6.07) is -0.531. The van der Waals surface area contributed by atoms with Crippen LogP contribution in [0.1, 0.15) is 19.3 Å². The van der Waals surface area contributed by atoms with Gasteiger partial charge < -0.3 is 21.1 Å². The lowest BCUT2D eigenvalue weighted by Crippen LogP contribution is -2.45. The van der Waals surface area contributed by atoms with Crippen molar-refractivity contribution in [2.24, 2.45) is 11.7 Å². The van der Waals surface area contributed by atoms with E-state index in [1.54, 1.807) is 0 Å². The number of nitrogens with one attached hydrogen (secondary N) is 1. The SMILES string of the molecule is CNC(CC(N)C(=O)O)C1CCN(C)CC1. The average Bonchev–Trinajstić information content (AvgIpc) is 2.26. The van der Waals surface area contributed by atoms with Crippen LogP contribution in [0.5, 0.6) is 0 Å². The molecule has 0 amide bonds. The molecule has 2 atom stereocenters. The van der Waals surface area contributed by atoms with E-state index in [9.17, 15) is 4.79 Å². The molecule has 0 saturated carbocycles. The number of carboxylic acid groups (broad SMARTS) is 1. The highest BCUT2D eigenvalue weighted by molar-refractivity contribution is 5.73. The Morgan fingerprint density at radius 3 is 2.56 bits per heavy atom. The Hall–Kier alpha value is -0.650. The van der Waals surface area contributed by atoms with Gasteiger partial charge in [0.2, 0.25) is 0 Å². The van der Waals surface area contributed by atoms with Crippen LogP contribution in [0.25, 0.3) is 0 Å². The molecule has 1 fully saturated rings. The van der Waals surface area contributed by atoms with Crippen LogP contribution >= 0.6 is 0 Å². The number of piperidine rings is 1. The molecule has 1 heterocycles. The number of aliphatic carboxylic acids is 1. The van der Waals surface area contributed by atoms with Gasteiger partial charge in [-0.15, -0.1) is 0 Å². The van der Waals surface area contributed by atoms with Gasteiger partial charge in [0.25, 0.3) is 0 Å². The van der Waals surface area contributed by atoms with Crippen molar-refractivity contribution < 1.29 is 9.90 Å². The highest BCUT2D eigenvalue weighted by Crippen LogP contribution is 2.22. The van der Waals surface area contributed by atoms with Gasteiger partial charge in [0.1, 0.15) is 6.04 Å². The van der Waals surface area contributed by atoms with Crippen LogP contribution in [0.15, 0.2) is 0 Å². The van der Waals surface area contributed by atoms with Crippen molar-refractivity contribution in [3.05, 3.63) is 0 Å². The summed E-state index contributed by atoms with van der Waals surface area (Å²) in [5, 5.41) is 12.0. The van der Waals surface area contributed by atoms with Crippen molar-refractivity contribution in [3.63, 3.8) is 0 Å². The molecule has 16 heavy (non-hydrogen) atoms. The van der Waals surface area contributed by atoms with Gasteiger partial charge in [0, 0.05) is 6.04 Å². The van der Waals surface area contributed by atoms with E-state index in [2.05, 4.69) is 17.3 Å². The summed E-state index contributed by atoms with van der Waals surface area (Å²) in [7, 11) is 4.01. The summed E-state index contributed by atoms with van der Waals surface area (Å²) in [6.45, 7) is 2.18. The Morgan fingerprint density at radius 2 is 2.12 bits per heavy atom. The van der Waals surface area contributed by atoms with Gasteiger partial charge in [-0.05, 0) is 52.4 Å². The lowest BCUT2D eigenvalue weighted by atomic mass is 9.86. The van der Waals surface area contributed by atoms with E-state index >= 15 is 0 Å². The number of likely N-dealkylation sites (tertiary alicyclic amines) is 1. The van der Waals surface area contributed by atoms with Gasteiger partial charge in [-0.3, -0.25) is 4.79 Å². The maximum atomic E-state index is 10.7. The van der Waals surface area contributed by atoms with Gasteiger partial charge in [-0.1, -0.05) is 0 Å². The largest absolute Gasteiger partial charge is 0.480 e. The molecule has 1 rings (SSSR count). The zero-order valence-electron chi connectivity index (χ0n) is 10.1. The van der Waals surface area contributed by atoms with Crippen molar-refractivity contribution in [2.45, 2.75) is 31.3 Å². The molecule has 1 aliphatic heterocycles. The van der Waals surface area contributed by atoms with Crippen LogP contribution in [0.3, 0.4) is 0 Å². The minimum Gasteiger partial charge on any atom is -0.480 e. The molecule has 5 nitrogen and oxygen atoms in total. The smallest absolute Gasteiger partial charge is 0.320 e. The monoisotopic (exact) mass is 229 g/mol. The molecular formula is C11H23N3O2. The Bertz CT molecular complexity index is 227. The first-order valence-corrected chi connectivity index (χ1v) is 5.88. The lowest BCUT2D eigenvalue weighted by molar-refractivity contribution is -0.138. The Morgan fingerprint density at radius 1 is 1.56 bits per heavy atom. The molecule has 0 aromatic heterocycles. The normalized spacial score (nSPS) is 22.9. The summed E-state index contributed by atoms with van der Waals surface area (Å²) >= 11 is 0. The van der Waals surface area contributed by atoms with E-state index in [0.717, 1.165) is 25.9 Å². The van der Waals surface area contributed by atoms with Crippen molar-refractivity contribution in [3.8, 4) is 0 Å². The van der Waals surface area contributed by atoms with E-state index in [1.807, 2.05) is 7.05 Å². The van der Waals surface area contributed by atoms with Crippen LogP contribution in [0.2, 0.25) is 0 Å². The molecule has 94 valence electrons. The molecule has 0 aliphatic carbocycles. The standard InChI is InChI=1S/C11H23N3O2/c1-13-10(7-9(12)11(15)16)8-3-5-14(2)6-4-8/h8-10,13H,3-7,12H2,1-2H3,(H,15,16). The fourth-order valence-electron chi connectivity index (χ4n) is 2.35. The number of nitrogens with two attached hydrogens (primary N) is 1. The van der Waals surface area contributed by atoms with Gasteiger partial charge in [0.15, 0.2) is 0 Å². The number of rotatable bonds is 5. The summed E-state index contributed by atoms with van der Waals surface area (Å²) < 4.78 is 0. The van der Waals surface area contributed by atoms with E-state index in [1.165, 1.54) is 0 Å². The number of hydrogen-bond donors (Lipinski definition) is 3. The average molecular weight is 229 g/mol. The fraction of sp³-hybridized carbons (Fsp3) is 0.909. The highest BCUT2D eigenvalue weighted by atomic mass is 16.4. The first kappa shape index (κ1) is 13.4. The van der Waals surface area contributed by atoms with E-state index < -0.39 is 12.0 Å². The van der Waals surface area contributed by atoms with E-state index in [0.29, 0.717) is 12.3 Å². The van der Waals surface area contributed by atoms with E-state index in [-0.39, 0.29) is 6.04 Å². The van der Waals surface area contributed by atoms with E-state index in [4.69, 9.17) is 10.8 Å². The molecule has 0 aromatic rings. The van der Waals surface area contributed by atoms with Gasteiger partial charge in [-0.2, -0.15) is 0 Å². The van der Waals surface area contributed by atoms with Crippen molar-refractivity contribution in [2.75, 3.05) is 27.2 Å². The van der Waals surface area contributed by atoms with Gasteiger partial charge >= 0.3 is 5.97 Å². The molecule has 1 aliphatic rings. The molecule has 4 N–H and O–H groups in total. The number of carbonyl (C=O) groups is 1. The van der Waals surface area contributed by atoms with Crippen LogP contribution in [0.4, 0.5) is 0 Å². The first-order valence-electron chi connectivity index (χ1n) is 5.88. The molecule has 2 unspecified atom stereocenters. The third-order valence-electron chi connectivity index (χ3n) is 3.53. The molecule has 0 bridgehead atoms. The Labute approximate surface area is 97.0 Å².